The van der Waals surface area contributed by atoms with E-state index >= 15 is 0 Å². The van der Waals surface area contributed by atoms with Crippen molar-refractivity contribution in [3.63, 3.8) is 0 Å². The van der Waals surface area contributed by atoms with Crippen LogP contribution in [0.4, 0.5) is 0 Å². The monoisotopic (exact) mass is 366 g/mol. The zero-order chi connectivity index (χ0) is 18.4. The third-order valence-corrected chi connectivity index (χ3v) is 4.94. The first-order chi connectivity index (χ1) is 12.7. The number of carbonyl (C=O) groups is 1. The van der Waals surface area contributed by atoms with Crippen LogP contribution >= 0.6 is 11.8 Å². The first kappa shape index (κ1) is 18.3. The third kappa shape index (κ3) is 4.17. The number of aromatic nitrogens is 1. The van der Waals surface area contributed by atoms with Gasteiger partial charge in [-0.25, -0.2) is 4.98 Å². The fraction of sp³-hybridized carbons (Fsp3) is 0.238. The van der Waals surface area contributed by atoms with Crippen molar-refractivity contribution in [1.29, 1.82) is 0 Å². The molecule has 0 fully saturated rings. The summed E-state index contributed by atoms with van der Waals surface area (Å²) in [7, 11) is 0. The Morgan fingerprint density at radius 1 is 0.962 bits per heavy atom. The normalized spacial score (nSPS) is 10.7. The van der Waals surface area contributed by atoms with Gasteiger partial charge in [-0.05, 0) is 13.8 Å². The van der Waals surface area contributed by atoms with Crippen molar-refractivity contribution in [2.45, 2.75) is 19.1 Å². The van der Waals surface area contributed by atoms with Gasteiger partial charge >= 0.3 is 0 Å². The lowest BCUT2D eigenvalue weighted by atomic mass is 10.1. The molecule has 0 bridgehead atoms. The van der Waals surface area contributed by atoms with Crippen LogP contribution < -0.4 is 0 Å². The summed E-state index contributed by atoms with van der Waals surface area (Å²) in [6, 6.07) is 19.9. The number of rotatable bonds is 7. The van der Waals surface area contributed by atoms with Gasteiger partial charge in [-0.1, -0.05) is 72.4 Å². The number of oxazole rings is 1. The highest BCUT2D eigenvalue weighted by molar-refractivity contribution is 7.99. The Hall–Kier alpha value is -2.53. The highest BCUT2D eigenvalue weighted by Gasteiger charge is 2.18. The van der Waals surface area contributed by atoms with E-state index in [1.165, 1.54) is 11.8 Å². The van der Waals surface area contributed by atoms with E-state index in [-0.39, 0.29) is 5.91 Å². The highest BCUT2D eigenvalue weighted by atomic mass is 32.2. The van der Waals surface area contributed by atoms with Gasteiger partial charge in [-0.15, -0.1) is 0 Å². The van der Waals surface area contributed by atoms with E-state index < -0.39 is 0 Å². The predicted molar refractivity (Wildman–Crippen MR) is 106 cm³/mol. The first-order valence-corrected chi connectivity index (χ1v) is 9.73. The van der Waals surface area contributed by atoms with Crippen LogP contribution in [0, 0.1) is 0 Å². The van der Waals surface area contributed by atoms with Gasteiger partial charge in [0, 0.05) is 24.2 Å². The molecule has 0 aliphatic carbocycles. The second kappa shape index (κ2) is 8.72. The summed E-state index contributed by atoms with van der Waals surface area (Å²) in [5.74, 6) is 1.15. The number of thioether (sulfide) groups is 1. The standard InChI is InChI=1S/C21H22N2O2S/c1-3-23(4-2)18(24)15-26-21-22-19(16-11-7-5-8-12-16)20(25-21)17-13-9-6-10-14-17/h5-14H,3-4,15H2,1-2H3. The molecule has 1 aromatic heterocycles. The molecular formula is C21H22N2O2S. The van der Waals surface area contributed by atoms with E-state index in [0.29, 0.717) is 24.1 Å². The van der Waals surface area contributed by atoms with Crippen molar-refractivity contribution in [3.05, 3.63) is 60.7 Å². The van der Waals surface area contributed by atoms with Crippen molar-refractivity contribution in [2.75, 3.05) is 18.8 Å². The van der Waals surface area contributed by atoms with Gasteiger partial charge in [0.1, 0.15) is 5.69 Å². The van der Waals surface area contributed by atoms with Crippen LogP contribution in [-0.2, 0) is 4.79 Å². The molecule has 26 heavy (non-hydrogen) atoms. The highest BCUT2D eigenvalue weighted by Crippen LogP contribution is 2.35. The number of benzene rings is 2. The fourth-order valence-electron chi connectivity index (χ4n) is 2.73. The molecule has 0 aliphatic heterocycles. The van der Waals surface area contributed by atoms with Crippen molar-refractivity contribution in [2.24, 2.45) is 0 Å². The second-order valence-corrected chi connectivity index (χ2v) is 6.67. The van der Waals surface area contributed by atoms with Gasteiger partial charge in [0.25, 0.3) is 5.22 Å². The summed E-state index contributed by atoms with van der Waals surface area (Å²) in [5.41, 5.74) is 2.77. The number of hydrogen-bond donors (Lipinski definition) is 0. The third-order valence-electron chi connectivity index (χ3n) is 4.13. The van der Waals surface area contributed by atoms with E-state index in [0.717, 1.165) is 22.6 Å². The number of amides is 1. The van der Waals surface area contributed by atoms with E-state index in [4.69, 9.17) is 4.42 Å². The molecular weight excluding hydrogens is 344 g/mol. The molecule has 3 aromatic rings. The Bertz CT molecular complexity index is 786. The fourth-order valence-corrected chi connectivity index (χ4v) is 3.46. The zero-order valence-corrected chi connectivity index (χ0v) is 15.8. The molecule has 0 atom stereocenters. The van der Waals surface area contributed by atoms with Gasteiger partial charge in [0.15, 0.2) is 5.76 Å². The molecule has 0 saturated carbocycles. The van der Waals surface area contributed by atoms with Gasteiger partial charge in [0.05, 0.1) is 5.75 Å². The van der Waals surface area contributed by atoms with E-state index in [1.54, 1.807) is 0 Å². The number of carbonyl (C=O) groups excluding carboxylic acids is 1. The molecule has 2 aromatic carbocycles. The maximum Gasteiger partial charge on any atom is 0.257 e. The predicted octanol–water partition coefficient (Wildman–Crippen LogP) is 4.97. The second-order valence-electron chi connectivity index (χ2n) is 5.74. The average Bonchev–Trinajstić information content (AvgIpc) is 3.13. The maximum absolute atomic E-state index is 12.2. The van der Waals surface area contributed by atoms with Crippen LogP contribution in [0.15, 0.2) is 70.3 Å². The van der Waals surface area contributed by atoms with Crippen LogP contribution in [0.25, 0.3) is 22.6 Å². The quantitative estimate of drug-likeness (QED) is 0.554. The lowest BCUT2D eigenvalue weighted by Crippen LogP contribution is -2.31. The largest absolute Gasteiger partial charge is 0.431 e. The summed E-state index contributed by atoms with van der Waals surface area (Å²) in [4.78, 5) is 18.7. The van der Waals surface area contributed by atoms with E-state index in [1.807, 2.05) is 79.4 Å². The zero-order valence-electron chi connectivity index (χ0n) is 15.0. The lowest BCUT2D eigenvalue weighted by Gasteiger charge is -2.17. The molecule has 0 aliphatic rings. The summed E-state index contributed by atoms with van der Waals surface area (Å²) < 4.78 is 6.03. The van der Waals surface area contributed by atoms with Crippen molar-refractivity contribution < 1.29 is 9.21 Å². The molecule has 0 unspecified atom stereocenters. The minimum atomic E-state index is 0.0979. The SMILES string of the molecule is CCN(CC)C(=O)CSc1nc(-c2ccccc2)c(-c2ccccc2)o1. The Morgan fingerprint density at radius 2 is 1.54 bits per heavy atom. The lowest BCUT2D eigenvalue weighted by molar-refractivity contribution is -0.127. The molecule has 0 saturated heterocycles. The summed E-state index contributed by atoms with van der Waals surface area (Å²) in [6.45, 7) is 5.40. The number of nitrogens with zero attached hydrogens (tertiary/aromatic N) is 2. The first-order valence-electron chi connectivity index (χ1n) is 8.75. The molecule has 1 heterocycles. The molecule has 3 rings (SSSR count). The van der Waals surface area contributed by atoms with Crippen LogP contribution in [-0.4, -0.2) is 34.6 Å². The molecule has 1 amide bonds. The topological polar surface area (TPSA) is 46.3 Å². The Kier molecular flexibility index (Phi) is 6.12. The number of hydrogen-bond acceptors (Lipinski definition) is 4. The molecule has 0 radical (unpaired) electrons. The molecule has 5 heteroatoms. The van der Waals surface area contributed by atoms with Crippen molar-refractivity contribution in [1.82, 2.24) is 9.88 Å². The average molecular weight is 366 g/mol. The van der Waals surface area contributed by atoms with Crippen LogP contribution in [0.3, 0.4) is 0 Å². The smallest absolute Gasteiger partial charge is 0.257 e. The van der Waals surface area contributed by atoms with E-state index in [2.05, 4.69) is 4.98 Å². The van der Waals surface area contributed by atoms with Crippen LogP contribution in [0.2, 0.25) is 0 Å². The van der Waals surface area contributed by atoms with Gasteiger partial charge in [-0.2, -0.15) is 0 Å². The van der Waals surface area contributed by atoms with Gasteiger partial charge < -0.3 is 9.32 Å². The Morgan fingerprint density at radius 3 is 2.12 bits per heavy atom. The molecule has 0 N–H and O–H groups in total. The summed E-state index contributed by atoms with van der Waals surface area (Å²) >= 11 is 1.34. The maximum atomic E-state index is 12.2. The minimum absolute atomic E-state index is 0.0979. The summed E-state index contributed by atoms with van der Waals surface area (Å²) in [5, 5.41) is 0.517. The molecule has 0 spiro atoms. The van der Waals surface area contributed by atoms with Crippen molar-refractivity contribution in [3.8, 4) is 22.6 Å². The van der Waals surface area contributed by atoms with Crippen LogP contribution in [0.1, 0.15) is 13.8 Å². The van der Waals surface area contributed by atoms with Gasteiger partial charge in [0.2, 0.25) is 5.91 Å². The Balaban J connectivity index is 1.89. The van der Waals surface area contributed by atoms with Crippen LogP contribution in [0.5, 0.6) is 0 Å². The Labute approximate surface area is 158 Å². The minimum Gasteiger partial charge on any atom is -0.431 e. The van der Waals surface area contributed by atoms with E-state index in [9.17, 15) is 4.79 Å². The summed E-state index contributed by atoms with van der Waals surface area (Å²) in [6.07, 6.45) is 0. The van der Waals surface area contributed by atoms with Gasteiger partial charge in [-0.3, -0.25) is 4.79 Å². The molecule has 134 valence electrons. The molecule has 4 nitrogen and oxygen atoms in total. The van der Waals surface area contributed by atoms with Crippen molar-refractivity contribution >= 4 is 17.7 Å².